The molecule has 21 heavy (non-hydrogen) atoms. The van der Waals surface area contributed by atoms with Crippen LogP contribution in [0.15, 0.2) is 60.9 Å². The minimum atomic E-state index is 0.543. The molecule has 0 unspecified atom stereocenters. The first-order valence-corrected chi connectivity index (χ1v) is 7.26. The van der Waals surface area contributed by atoms with Gasteiger partial charge in [-0.05, 0) is 30.3 Å². The lowest BCUT2D eigenvalue weighted by molar-refractivity contribution is 0.880. The Bertz CT molecular complexity index is 738. The number of anilines is 1. The van der Waals surface area contributed by atoms with Crippen molar-refractivity contribution in [1.82, 2.24) is 9.78 Å². The predicted molar refractivity (Wildman–Crippen MR) is 87.4 cm³/mol. The number of rotatable bonds is 4. The molecule has 2 aromatic carbocycles. The van der Waals surface area contributed by atoms with Crippen LogP contribution in [-0.4, -0.2) is 9.78 Å². The highest BCUT2D eigenvalue weighted by Gasteiger charge is 2.02. The molecule has 1 N–H and O–H groups in total. The summed E-state index contributed by atoms with van der Waals surface area (Å²) in [5, 5.41) is 8.76. The number of nitrogens with one attached hydrogen (secondary N) is 1. The SMILES string of the molecule is Clc1ccc(NCc2cnn(-c3ccccc3)c2)cc1Cl. The monoisotopic (exact) mass is 317 g/mol. The number of nitrogens with zero attached hydrogens (tertiary/aromatic N) is 2. The Morgan fingerprint density at radius 3 is 2.57 bits per heavy atom. The van der Waals surface area contributed by atoms with E-state index < -0.39 is 0 Å². The lowest BCUT2D eigenvalue weighted by atomic mass is 10.3. The molecule has 0 atom stereocenters. The highest BCUT2D eigenvalue weighted by molar-refractivity contribution is 6.42. The van der Waals surface area contributed by atoms with Crippen molar-refractivity contribution >= 4 is 28.9 Å². The standard InChI is InChI=1S/C16H13Cl2N3/c17-15-7-6-13(8-16(15)18)19-9-12-10-20-21(11-12)14-4-2-1-3-5-14/h1-8,10-11,19H,9H2. The summed E-state index contributed by atoms with van der Waals surface area (Å²) in [5.41, 5.74) is 3.06. The molecule has 0 spiro atoms. The summed E-state index contributed by atoms with van der Waals surface area (Å²) in [4.78, 5) is 0. The third-order valence-corrected chi connectivity index (χ3v) is 3.81. The molecule has 0 bridgehead atoms. The molecule has 5 heteroatoms. The van der Waals surface area contributed by atoms with E-state index in [0.717, 1.165) is 16.9 Å². The maximum absolute atomic E-state index is 5.99. The molecule has 3 aromatic rings. The van der Waals surface area contributed by atoms with Crippen molar-refractivity contribution in [3.05, 3.63) is 76.5 Å². The summed E-state index contributed by atoms with van der Waals surface area (Å²) in [7, 11) is 0. The van der Waals surface area contributed by atoms with Crippen LogP contribution in [0.2, 0.25) is 10.0 Å². The van der Waals surface area contributed by atoms with Gasteiger partial charge in [0.15, 0.2) is 0 Å². The largest absolute Gasteiger partial charge is 0.381 e. The van der Waals surface area contributed by atoms with Crippen LogP contribution in [0.5, 0.6) is 0 Å². The van der Waals surface area contributed by atoms with Crippen LogP contribution in [0.1, 0.15) is 5.56 Å². The Kier molecular flexibility index (Phi) is 4.13. The van der Waals surface area contributed by atoms with Gasteiger partial charge < -0.3 is 5.32 Å². The zero-order valence-corrected chi connectivity index (χ0v) is 12.6. The second kappa shape index (κ2) is 6.20. The molecule has 1 heterocycles. The summed E-state index contributed by atoms with van der Waals surface area (Å²) in [6, 6.07) is 15.5. The van der Waals surface area contributed by atoms with E-state index in [-0.39, 0.29) is 0 Å². The van der Waals surface area contributed by atoms with Crippen LogP contribution in [-0.2, 0) is 6.54 Å². The average molecular weight is 318 g/mol. The number of halogens is 2. The molecule has 0 fully saturated rings. The van der Waals surface area contributed by atoms with Gasteiger partial charge in [0.05, 0.1) is 21.9 Å². The molecule has 0 aliphatic heterocycles. The first-order valence-electron chi connectivity index (χ1n) is 6.50. The Morgan fingerprint density at radius 1 is 1.00 bits per heavy atom. The molecular weight excluding hydrogens is 305 g/mol. The number of benzene rings is 2. The summed E-state index contributed by atoms with van der Waals surface area (Å²) in [5.74, 6) is 0. The van der Waals surface area contributed by atoms with E-state index in [1.807, 2.05) is 59.5 Å². The molecule has 0 aliphatic rings. The van der Waals surface area contributed by atoms with E-state index in [1.54, 1.807) is 6.07 Å². The zero-order valence-electron chi connectivity index (χ0n) is 11.1. The molecule has 0 saturated heterocycles. The normalized spacial score (nSPS) is 10.6. The second-order valence-electron chi connectivity index (χ2n) is 4.61. The lowest BCUT2D eigenvalue weighted by Crippen LogP contribution is -1.98. The molecule has 106 valence electrons. The van der Waals surface area contributed by atoms with Crippen LogP contribution in [0.4, 0.5) is 5.69 Å². The number of hydrogen-bond donors (Lipinski definition) is 1. The molecule has 0 radical (unpaired) electrons. The second-order valence-corrected chi connectivity index (χ2v) is 5.43. The van der Waals surface area contributed by atoms with E-state index in [1.165, 1.54) is 0 Å². The van der Waals surface area contributed by atoms with Crippen LogP contribution in [0.25, 0.3) is 5.69 Å². The summed E-state index contributed by atoms with van der Waals surface area (Å²) < 4.78 is 1.85. The average Bonchev–Trinajstić information content (AvgIpc) is 2.98. The molecular formula is C16H13Cl2N3. The first kappa shape index (κ1) is 14.0. The maximum Gasteiger partial charge on any atom is 0.0645 e. The first-order chi connectivity index (χ1) is 10.2. The predicted octanol–water partition coefficient (Wildman–Crippen LogP) is 4.79. The molecule has 1 aromatic heterocycles. The number of hydrogen-bond acceptors (Lipinski definition) is 2. The molecule has 3 nitrogen and oxygen atoms in total. The van der Waals surface area contributed by atoms with Gasteiger partial charge in [0.25, 0.3) is 0 Å². The third-order valence-electron chi connectivity index (χ3n) is 3.07. The van der Waals surface area contributed by atoms with Crippen molar-refractivity contribution in [3.63, 3.8) is 0 Å². The van der Waals surface area contributed by atoms with Gasteiger partial charge in [-0.2, -0.15) is 5.10 Å². The third kappa shape index (κ3) is 3.38. The van der Waals surface area contributed by atoms with Gasteiger partial charge in [0, 0.05) is 24.0 Å². The van der Waals surface area contributed by atoms with Gasteiger partial charge in [-0.25, -0.2) is 4.68 Å². The van der Waals surface area contributed by atoms with E-state index in [0.29, 0.717) is 16.6 Å². The minimum absolute atomic E-state index is 0.543. The zero-order chi connectivity index (χ0) is 14.7. The van der Waals surface area contributed by atoms with E-state index in [4.69, 9.17) is 23.2 Å². The smallest absolute Gasteiger partial charge is 0.0645 e. The highest BCUT2D eigenvalue weighted by Crippen LogP contribution is 2.25. The van der Waals surface area contributed by atoms with E-state index >= 15 is 0 Å². The van der Waals surface area contributed by atoms with Crippen molar-refractivity contribution in [2.45, 2.75) is 6.54 Å². The Hall–Kier alpha value is -1.97. The van der Waals surface area contributed by atoms with Crippen molar-refractivity contribution in [2.75, 3.05) is 5.32 Å². The van der Waals surface area contributed by atoms with Crippen molar-refractivity contribution in [3.8, 4) is 5.69 Å². The number of aromatic nitrogens is 2. The molecule has 0 saturated carbocycles. The fraction of sp³-hybridized carbons (Fsp3) is 0.0625. The van der Waals surface area contributed by atoms with E-state index in [9.17, 15) is 0 Å². The Labute approximate surface area is 133 Å². The van der Waals surface area contributed by atoms with Crippen LogP contribution < -0.4 is 5.32 Å². The van der Waals surface area contributed by atoms with Gasteiger partial charge in [-0.3, -0.25) is 0 Å². The summed E-state index contributed by atoms with van der Waals surface area (Å²) in [6.07, 6.45) is 3.84. The van der Waals surface area contributed by atoms with Gasteiger partial charge in [0.2, 0.25) is 0 Å². The van der Waals surface area contributed by atoms with Crippen molar-refractivity contribution in [2.24, 2.45) is 0 Å². The lowest BCUT2D eigenvalue weighted by Gasteiger charge is -2.06. The number of para-hydroxylation sites is 1. The Balaban J connectivity index is 1.69. The van der Waals surface area contributed by atoms with Crippen LogP contribution in [0, 0.1) is 0 Å². The van der Waals surface area contributed by atoms with Crippen molar-refractivity contribution in [1.29, 1.82) is 0 Å². The minimum Gasteiger partial charge on any atom is -0.381 e. The van der Waals surface area contributed by atoms with Gasteiger partial charge in [0.1, 0.15) is 0 Å². The topological polar surface area (TPSA) is 29.9 Å². The highest BCUT2D eigenvalue weighted by atomic mass is 35.5. The fourth-order valence-corrected chi connectivity index (χ4v) is 2.28. The van der Waals surface area contributed by atoms with Crippen LogP contribution >= 0.6 is 23.2 Å². The maximum atomic E-state index is 5.99. The molecule has 3 rings (SSSR count). The molecule has 0 amide bonds. The van der Waals surface area contributed by atoms with Crippen LogP contribution in [0.3, 0.4) is 0 Å². The summed E-state index contributed by atoms with van der Waals surface area (Å²) >= 11 is 11.9. The summed E-state index contributed by atoms with van der Waals surface area (Å²) in [6.45, 7) is 0.671. The van der Waals surface area contributed by atoms with Gasteiger partial charge >= 0.3 is 0 Å². The van der Waals surface area contributed by atoms with Gasteiger partial charge in [-0.15, -0.1) is 0 Å². The van der Waals surface area contributed by atoms with Gasteiger partial charge in [-0.1, -0.05) is 41.4 Å². The van der Waals surface area contributed by atoms with Crippen molar-refractivity contribution < 1.29 is 0 Å². The quantitative estimate of drug-likeness (QED) is 0.749. The fourth-order valence-electron chi connectivity index (χ4n) is 1.98. The van der Waals surface area contributed by atoms with E-state index in [2.05, 4.69) is 10.4 Å². The Morgan fingerprint density at radius 2 is 1.81 bits per heavy atom. The molecule has 0 aliphatic carbocycles.